The zero-order valence-electron chi connectivity index (χ0n) is 10.7. The van der Waals surface area contributed by atoms with Gasteiger partial charge in [-0.15, -0.1) is 11.3 Å². The second-order valence-corrected chi connectivity index (χ2v) is 5.78. The largest absolute Gasteiger partial charge is 0.381 e. The number of nitrogens with one attached hydrogen (secondary N) is 1. The van der Waals surface area contributed by atoms with E-state index in [1.807, 2.05) is 11.3 Å². The van der Waals surface area contributed by atoms with Crippen molar-refractivity contribution in [2.45, 2.75) is 38.6 Å². The number of hydrogen-bond acceptors (Lipinski definition) is 3. The van der Waals surface area contributed by atoms with Crippen molar-refractivity contribution < 1.29 is 4.74 Å². The highest BCUT2D eigenvalue weighted by atomic mass is 32.1. The molecule has 0 aromatic carbocycles. The fraction of sp³-hybridized carbons (Fsp3) is 0.714. The molecule has 1 unspecified atom stereocenters. The van der Waals surface area contributed by atoms with Crippen LogP contribution in [0.15, 0.2) is 17.5 Å². The van der Waals surface area contributed by atoms with E-state index in [-0.39, 0.29) is 0 Å². The Bertz CT molecular complexity index is 295. The summed E-state index contributed by atoms with van der Waals surface area (Å²) in [4.78, 5) is 1.45. The van der Waals surface area contributed by atoms with Gasteiger partial charge in [-0.25, -0.2) is 0 Å². The predicted octanol–water partition coefficient (Wildman–Crippen LogP) is 3.61. The first-order valence-electron chi connectivity index (χ1n) is 6.74. The quantitative estimate of drug-likeness (QED) is 0.679. The molecule has 1 atom stereocenters. The van der Waals surface area contributed by atoms with Crippen LogP contribution >= 0.6 is 11.3 Å². The van der Waals surface area contributed by atoms with Gasteiger partial charge in [0.15, 0.2) is 0 Å². The summed E-state index contributed by atoms with van der Waals surface area (Å²) in [6.07, 6.45) is 5.04. The number of ether oxygens (including phenoxy) is 1. The molecule has 96 valence electrons. The fourth-order valence-electron chi connectivity index (χ4n) is 1.92. The molecule has 0 saturated heterocycles. The summed E-state index contributed by atoms with van der Waals surface area (Å²) in [6, 6.07) is 4.87. The first kappa shape index (κ1) is 13.1. The third kappa shape index (κ3) is 4.78. The van der Waals surface area contributed by atoms with Crippen LogP contribution in [0, 0.1) is 5.92 Å². The normalized spacial score (nSPS) is 17.2. The maximum Gasteiger partial charge on any atom is 0.0494 e. The first-order valence-corrected chi connectivity index (χ1v) is 7.62. The van der Waals surface area contributed by atoms with Crippen molar-refractivity contribution >= 4 is 11.3 Å². The Morgan fingerprint density at radius 3 is 3.06 bits per heavy atom. The Labute approximate surface area is 108 Å². The fourth-order valence-corrected chi connectivity index (χ4v) is 2.81. The van der Waals surface area contributed by atoms with Gasteiger partial charge in [-0.1, -0.05) is 13.0 Å². The molecule has 1 aliphatic rings. The Morgan fingerprint density at radius 2 is 2.41 bits per heavy atom. The Morgan fingerprint density at radius 1 is 1.53 bits per heavy atom. The standard InChI is InChI=1S/C14H23NOS/c1-2-13(14-5-3-10-17-14)15-8-4-9-16-11-12-6-7-12/h3,5,10,12-13,15H,2,4,6-9,11H2,1H3. The average molecular weight is 253 g/mol. The van der Waals surface area contributed by atoms with Crippen molar-refractivity contribution in [2.24, 2.45) is 5.92 Å². The summed E-state index contributed by atoms with van der Waals surface area (Å²) in [6.45, 7) is 5.19. The zero-order chi connectivity index (χ0) is 11.9. The third-order valence-electron chi connectivity index (χ3n) is 3.20. The van der Waals surface area contributed by atoms with Crippen LogP contribution in [0.1, 0.15) is 43.5 Å². The summed E-state index contributed by atoms with van der Waals surface area (Å²) >= 11 is 1.84. The van der Waals surface area contributed by atoms with E-state index in [4.69, 9.17) is 4.74 Å². The SMILES string of the molecule is CCC(NCCCOCC1CC1)c1cccs1. The Kier molecular flexibility index (Phi) is 5.49. The first-order chi connectivity index (χ1) is 8.40. The van der Waals surface area contributed by atoms with Gasteiger partial charge in [-0.3, -0.25) is 0 Å². The molecular formula is C14H23NOS. The minimum Gasteiger partial charge on any atom is -0.381 e. The topological polar surface area (TPSA) is 21.3 Å². The lowest BCUT2D eigenvalue weighted by molar-refractivity contribution is 0.121. The van der Waals surface area contributed by atoms with Gasteiger partial charge in [0, 0.05) is 24.1 Å². The molecule has 1 aliphatic carbocycles. The molecule has 1 saturated carbocycles. The van der Waals surface area contributed by atoms with Crippen LogP contribution in [0.4, 0.5) is 0 Å². The van der Waals surface area contributed by atoms with Gasteiger partial charge in [0.25, 0.3) is 0 Å². The molecule has 1 heterocycles. The number of hydrogen-bond donors (Lipinski definition) is 1. The van der Waals surface area contributed by atoms with Crippen molar-refractivity contribution in [1.82, 2.24) is 5.32 Å². The average Bonchev–Trinajstić information content (AvgIpc) is 3.01. The van der Waals surface area contributed by atoms with Crippen molar-refractivity contribution in [3.05, 3.63) is 22.4 Å². The van der Waals surface area contributed by atoms with Crippen molar-refractivity contribution in [2.75, 3.05) is 19.8 Å². The molecule has 0 amide bonds. The lowest BCUT2D eigenvalue weighted by atomic mass is 10.2. The van der Waals surface area contributed by atoms with Crippen LogP contribution < -0.4 is 5.32 Å². The molecule has 0 radical (unpaired) electrons. The summed E-state index contributed by atoms with van der Waals surface area (Å²) in [7, 11) is 0. The van der Waals surface area contributed by atoms with Gasteiger partial charge < -0.3 is 10.1 Å². The van der Waals surface area contributed by atoms with Crippen LogP contribution in [-0.2, 0) is 4.74 Å². The summed E-state index contributed by atoms with van der Waals surface area (Å²) in [5.74, 6) is 0.887. The Balaban J connectivity index is 1.53. The van der Waals surface area contributed by atoms with Gasteiger partial charge in [0.05, 0.1) is 0 Å². The minimum atomic E-state index is 0.526. The molecule has 0 spiro atoms. The van der Waals surface area contributed by atoms with Crippen LogP contribution in [0.5, 0.6) is 0 Å². The molecule has 1 aromatic rings. The van der Waals surface area contributed by atoms with E-state index in [2.05, 4.69) is 29.8 Å². The maximum absolute atomic E-state index is 5.63. The van der Waals surface area contributed by atoms with Crippen LogP contribution in [0.25, 0.3) is 0 Å². The Hall–Kier alpha value is -0.380. The molecule has 1 N–H and O–H groups in total. The van der Waals surface area contributed by atoms with Gasteiger partial charge in [0.1, 0.15) is 0 Å². The molecule has 0 bridgehead atoms. The monoisotopic (exact) mass is 253 g/mol. The highest BCUT2D eigenvalue weighted by molar-refractivity contribution is 7.10. The van der Waals surface area contributed by atoms with Gasteiger partial charge in [-0.05, 0) is 49.6 Å². The highest BCUT2D eigenvalue weighted by Gasteiger charge is 2.20. The maximum atomic E-state index is 5.63. The summed E-state index contributed by atoms with van der Waals surface area (Å²) < 4.78 is 5.63. The van der Waals surface area contributed by atoms with E-state index in [1.165, 1.54) is 17.7 Å². The van der Waals surface area contributed by atoms with E-state index < -0.39 is 0 Å². The van der Waals surface area contributed by atoms with E-state index in [1.54, 1.807) is 0 Å². The van der Waals surface area contributed by atoms with E-state index >= 15 is 0 Å². The van der Waals surface area contributed by atoms with Crippen LogP contribution in [0.3, 0.4) is 0 Å². The second-order valence-electron chi connectivity index (χ2n) is 4.80. The molecule has 1 fully saturated rings. The van der Waals surface area contributed by atoms with Gasteiger partial charge >= 0.3 is 0 Å². The van der Waals surface area contributed by atoms with Crippen molar-refractivity contribution in [3.63, 3.8) is 0 Å². The molecule has 2 rings (SSSR count). The second kappa shape index (κ2) is 7.14. The highest BCUT2D eigenvalue weighted by Crippen LogP contribution is 2.28. The molecule has 1 aromatic heterocycles. The predicted molar refractivity (Wildman–Crippen MR) is 73.5 cm³/mol. The van der Waals surface area contributed by atoms with Crippen LogP contribution in [-0.4, -0.2) is 19.8 Å². The number of thiophene rings is 1. The smallest absolute Gasteiger partial charge is 0.0494 e. The third-order valence-corrected chi connectivity index (χ3v) is 4.19. The molecular weight excluding hydrogens is 230 g/mol. The zero-order valence-corrected chi connectivity index (χ0v) is 11.5. The molecule has 0 aliphatic heterocycles. The molecule has 3 heteroatoms. The van der Waals surface area contributed by atoms with Gasteiger partial charge in [0.2, 0.25) is 0 Å². The summed E-state index contributed by atoms with van der Waals surface area (Å²) in [5.41, 5.74) is 0. The van der Waals surface area contributed by atoms with Crippen LogP contribution in [0.2, 0.25) is 0 Å². The lowest BCUT2D eigenvalue weighted by Crippen LogP contribution is -2.22. The van der Waals surface area contributed by atoms with Gasteiger partial charge in [-0.2, -0.15) is 0 Å². The minimum absolute atomic E-state index is 0.526. The van der Waals surface area contributed by atoms with E-state index in [9.17, 15) is 0 Å². The number of rotatable bonds is 9. The molecule has 17 heavy (non-hydrogen) atoms. The van der Waals surface area contributed by atoms with Crippen molar-refractivity contribution in [1.29, 1.82) is 0 Å². The molecule has 2 nitrogen and oxygen atoms in total. The van der Waals surface area contributed by atoms with Crippen molar-refractivity contribution in [3.8, 4) is 0 Å². The lowest BCUT2D eigenvalue weighted by Gasteiger charge is -2.15. The van der Waals surface area contributed by atoms with E-state index in [0.29, 0.717) is 6.04 Å². The van der Waals surface area contributed by atoms with E-state index in [0.717, 1.165) is 38.5 Å². The summed E-state index contributed by atoms with van der Waals surface area (Å²) in [5, 5.41) is 5.76.